The van der Waals surface area contributed by atoms with Gasteiger partial charge in [0.2, 0.25) is 0 Å². The fraction of sp³-hybridized carbons (Fsp3) is 0.538. The van der Waals surface area contributed by atoms with Gasteiger partial charge in [0, 0.05) is 23.7 Å². The molecule has 0 spiro atoms. The average molecular weight is 293 g/mol. The maximum absolute atomic E-state index is 13.6. The van der Waals surface area contributed by atoms with E-state index in [2.05, 4.69) is 10.2 Å². The summed E-state index contributed by atoms with van der Waals surface area (Å²) in [6.45, 7) is 3.77. The minimum atomic E-state index is -0.161. The highest BCUT2D eigenvalue weighted by atomic mass is 35.5. The largest absolute Gasteiger partial charge is 0.319 e. The molecular weight excluding hydrogens is 274 g/mol. The van der Waals surface area contributed by atoms with Crippen molar-refractivity contribution in [2.24, 2.45) is 5.92 Å². The fourth-order valence-electron chi connectivity index (χ4n) is 2.42. The average Bonchev–Trinajstić information content (AvgIpc) is 2.72. The zero-order valence-electron chi connectivity index (χ0n) is 10.5. The van der Waals surface area contributed by atoms with Gasteiger partial charge in [-0.3, -0.25) is 4.90 Å². The minimum Gasteiger partial charge on any atom is -0.319 e. The van der Waals surface area contributed by atoms with Crippen LogP contribution in [-0.4, -0.2) is 31.6 Å². The van der Waals surface area contributed by atoms with E-state index in [-0.39, 0.29) is 18.2 Å². The molecule has 1 heterocycles. The van der Waals surface area contributed by atoms with Gasteiger partial charge in [0.05, 0.1) is 0 Å². The van der Waals surface area contributed by atoms with Crippen LogP contribution < -0.4 is 5.32 Å². The number of hydrogen-bond donors (Lipinski definition) is 1. The first kappa shape index (κ1) is 15.7. The summed E-state index contributed by atoms with van der Waals surface area (Å²) in [6.07, 6.45) is 1.18. The van der Waals surface area contributed by atoms with Crippen molar-refractivity contribution in [1.29, 1.82) is 0 Å². The van der Waals surface area contributed by atoms with Gasteiger partial charge in [-0.15, -0.1) is 12.4 Å². The maximum atomic E-state index is 13.6. The molecule has 0 aromatic heterocycles. The molecular formula is C13H19Cl2FN2. The van der Waals surface area contributed by atoms with Crippen molar-refractivity contribution < 1.29 is 4.39 Å². The molecule has 2 nitrogen and oxygen atoms in total. The molecule has 5 heteroatoms. The Bertz CT molecular complexity index is 387. The van der Waals surface area contributed by atoms with E-state index in [1.807, 2.05) is 7.05 Å². The summed E-state index contributed by atoms with van der Waals surface area (Å²) in [5, 5.41) is 3.80. The van der Waals surface area contributed by atoms with E-state index in [1.54, 1.807) is 12.1 Å². The van der Waals surface area contributed by atoms with Crippen LogP contribution in [0.15, 0.2) is 18.2 Å². The Labute approximate surface area is 119 Å². The second kappa shape index (κ2) is 7.29. The molecule has 102 valence electrons. The van der Waals surface area contributed by atoms with Crippen LogP contribution in [0.1, 0.15) is 12.0 Å². The van der Waals surface area contributed by atoms with Crippen LogP contribution in [0.5, 0.6) is 0 Å². The lowest BCUT2D eigenvalue weighted by Gasteiger charge is -2.16. The molecule has 1 N–H and O–H groups in total. The Morgan fingerprint density at radius 1 is 1.50 bits per heavy atom. The number of rotatable bonds is 4. The van der Waals surface area contributed by atoms with E-state index >= 15 is 0 Å². The Kier molecular flexibility index (Phi) is 6.36. The predicted molar refractivity (Wildman–Crippen MR) is 76.0 cm³/mol. The number of likely N-dealkylation sites (tertiary alicyclic amines) is 1. The van der Waals surface area contributed by atoms with E-state index in [4.69, 9.17) is 11.6 Å². The van der Waals surface area contributed by atoms with E-state index in [0.29, 0.717) is 23.0 Å². The van der Waals surface area contributed by atoms with E-state index in [9.17, 15) is 4.39 Å². The summed E-state index contributed by atoms with van der Waals surface area (Å²) < 4.78 is 13.6. The molecule has 0 bridgehead atoms. The lowest BCUT2D eigenvalue weighted by atomic mass is 10.1. The summed E-state index contributed by atoms with van der Waals surface area (Å²) >= 11 is 5.89. The molecule has 0 radical (unpaired) electrons. The normalized spacial score (nSPS) is 19.8. The molecule has 0 saturated carbocycles. The maximum Gasteiger partial charge on any atom is 0.127 e. The second-order valence-corrected chi connectivity index (χ2v) is 5.12. The minimum absolute atomic E-state index is 0. The number of benzene rings is 1. The van der Waals surface area contributed by atoms with Gasteiger partial charge < -0.3 is 5.32 Å². The standard InChI is InChI=1S/C13H18ClFN2.ClH/c1-16-7-10-4-5-17(8-10)9-11-6-12(14)2-3-13(11)15;/h2-3,6,10,16H,4-5,7-9H2,1H3;1H. The zero-order chi connectivity index (χ0) is 12.3. The van der Waals surface area contributed by atoms with Crippen LogP contribution in [0.3, 0.4) is 0 Å². The molecule has 1 saturated heterocycles. The number of halogens is 3. The first-order valence-electron chi connectivity index (χ1n) is 6.00. The van der Waals surface area contributed by atoms with Crippen LogP contribution in [0.4, 0.5) is 4.39 Å². The molecule has 1 unspecified atom stereocenters. The van der Waals surface area contributed by atoms with Crippen molar-refractivity contribution in [1.82, 2.24) is 10.2 Å². The summed E-state index contributed by atoms with van der Waals surface area (Å²) in [5.74, 6) is 0.522. The molecule has 1 atom stereocenters. The second-order valence-electron chi connectivity index (χ2n) is 4.68. The van der Waals surface area contributed by atoms with Gasteiger partial charge in [-0.25, -0.2) is 4.39 Å². The molecule has 0 aliphatic carbocycles. The van der Waals surface area contributed by atoms with E-state index < -0.39 is 0 Å². The van der Waals surface area contributed by atoms with Crippen molar-refractivity contribution in [2.75, 3.05) is 26.7 Å². The SMILES string of the molecule is CNCC1CCN(Cc2cc(Cl)ccc2F)C1.Cl. The first-order valence-corrected chi connectivity index (χ1v) is 6.37. The van der Waals surface area contributed by atoms with E-state index in [0.717, 1.165) is 19.6 Å². The molecule has 1 aromatic carbocycles. The van der Waals surface area contributed by atoms with Gasteiger partial charge in [-0.1, -0.05) is 11.6 Å². The molecule has 1 aliphatic rings. The lowest BCUT2D eigenvalue weighted by molar-refractivity contribution is 0.310. The lowest BCUT2D eigenvalue weighted by Crippen LogP contribution is -2.24. The fourth-order valence-corrected chi connectivity index (χ4v) is 2.61. The van der Waals surface area contributed by atoms with Crippen molar-refractivity contribution in [3.63, 3.8) is 0 Å². The van der Waals surface area contributed by atoms with Crippen molar-refractivity contribution in [3.05, 3.63) is 34.6 Å². The quantitative estimate of drug-likeness (QED) is 0.918. The van der Waals surface area contributed by atoms with Gasteiger partial charge in [0.1, 0.15) is 5.82 Å². The highest BCUT2D eigenvalue weighted by molar-refractivity contribution is 6.30. The summed E-state index contributed by atoms with van der Waals surface area (Å²) in [4.78, 5) is 2.29. The predicted octanol–water partition coefficient (Wildman–Crippen LogP) is 2.94. The van der Waals surface area contributed by atoms with Gasteiger partial charge in [0.25, 0.3) is 0 Å². The van der Waals surface area contributed by atoms with Gasteiger partial charge in [-0.2, -0.15) is 0 Å². The Morgan fingerprint density at radius 3 is 3.00 bits per heavy atom. The summed E-state index contributed by atoms with van der Waals surface area (Å²) in [6, 6.07) is 4.76. The highest BCUT2D eigenvalue weighted by Gasteiger charge is 2.22. The topological polar surface area (TPSA) is 15.3 Å². The van der Waals surface area contributed by atoms with Gasteiger partial charge in [-0.05, 0) is 50.7 Å². The van der Waals surface area contributed by atoms with Crippen LogP contribution in [0, 0.1) is 11.7 Å². The molecule has 1 aliphatic heterocycles. The Balaban J connectivity index is 0.00000162. The van der Waals surface area contributed by atoms with Crippen LogP contribution in [0.25, 0.3) is 0 Å². The Hall–Kier alpha value is -0.350. The number of nitrogens with zero attached hydrogens (tertiary/aromatic N) is 1. The molecule has 0 amide bonds. The monoisotopic (exact) mass is 292 g/mol. The third kappa shape index (κ3) is 4.09. The van der Waals surface area contributed by atoms with E-state index in [1.165, 1.54) is 12.5 Å². The summed E-state index contributed by atoms with van der Waals surface area (Å²) in [7, 11) is 1.97. The molecule has 1 aromatic rings. The number of hydrogen-bond acceptors (Lipinski definition) is 2. The van der Waals surface area contributed by atoms with Crippen molar-refractivity contribution >= 4 is 24.0 Å². The number of nitrogens with one attached hydrogen (secondary N) is 1. The van der Waals surface area contributed by atoms with Crippen LogP contribution in [-0.2, 0) is 6.54 Å². The third-order valence-corrected chi connectivity index (χ3v) is 3.50. The smallest absolute Gasteiger partial charge is 0.127 e. The third-order valence-electron chi connectivity index (χ3n) is 3.26. The van der Waals surface area contributed by atoms with Crippen LogP contribution in [0.2, 0.25) is 5.02 Å². The van der Waals surface area contributed by atoms with Crippen LogP contribution >= 0.6 is 24.0 Å². The van der Waals surface area contributed by atoms with Crippen molar-refractivity contribution in [2.45, 2.75) is 13.0 Å². The molecule has 2 rings (SSSR count). The first-order chi connectivity index (χ1) is 8.19. The van der Waals surface area contributed by atoms with Gasteiger partial charge in [0.15, 0.2) is 0 Å². The molecule has 1 fully saturated rings. The highest BCUT2D eigenvalue weighted by Crippen LogP contribution is 2.21. The summed E-state index contributed by atoms with van der Waals surface area (Å²) in [5.41, 5.74) is 0.697. The van der Waals surface area contributed by atoms with Crippen molar-refractivity contribution in [3.8, 4) is 0 Å². The Morgan fingerprint density at radius 2 is 2.28 bits per heavy atom. The zero-order valence-corrected chi connectivity index (χ0v) is 12.0. The van der Waals surface area contributed by atoms with Gasteiger partial charge >= 0.3 is 0 Å². The molecule has 18 heavy (non-hydrogen) atoms.